The third-order valence-electron chi connectivity index (χ3n) is 3.11. The van der Waals surface area contributed by atoms with Gasteiger partial charge in [-0.25, -0.2) is 0 Å². The van der Waals surface area contributed by atoms with Gasteiger partial charge in [-0.2, -0.15) is 0 Å². The van der Waals surface area contributed by atoms with E-state index in [0.717, 1.165) is 5.56 Å². The zero-order valence-corrected chi connectivity index (χ0v) is 16.0. The van der Waals surface area contributed by atoms with Crippen LogP contribution in [0.4, 0.5) is 0 Å². The number of rotatable bonds is 4. The van der Waals surface area contributed by atoms with Gasteiger partial charge < -0.3 is 4.74 Å². The van der Waals surface area contributed by atoms with Gasteiger partial charge in [0.1, 0.15) is 5.75 Å². The molecule has 0 atom stereocenters. The Bertz CT molecular complexity index is 829. The molecule has 2 aromatic carbocycles. The van der Waals surface area contributed by atoms with Crippen LogP contribution in [0.25, 0.3) is 0 Å². The van der Waals surface area contributed by atoms with Crippen LogP contribution in [0.5, 0.6) is 5.75 Å². The lowest BCUT2D eigenvalue weighted by atomic mass is 10.1. The molecule has 0 aromatic heterocycles. The van der Waals surface area contributed by atoms with Crippen LogP contribution in [0, 0.1) is 6.92 Å². The highest BCUT2D eigenvalue weighted by molar-refractivity contribution is 7.80. The third kappa shape index (κ3) is 6.18. The normalized spacial score (nSPS) is 9.96. The van der Waals surface area contributed by atoms with Gasteiger partial charge in [-0.15, -0.1) is 0 Å². The molecule has 0 spiro atoms. The fraction of sp³-hybridized carbons (Fsp3) is 0.118. The molecule has 0 aliphatic carbocycles. The number of halogens is 2. The fourth-order valence-corrected chi connectivity index (χ4v) is 2.42. The summed E-state index contributed by atoms with van der Waals surface area (Å²) in [6.07, 6.45) is 0. The number of benzene rings is 2. The van der Waals surface area contributed by atoms with Crippen molar-refractivity contribution in [3.63, 3.8) is 0 Å². The summed E-state index contributed by atoms with van der Waals surface area (Å²) in [5.74, 6) is -0.578. The molecule has 9 heteroatoms. The van der Waals surface area contributed by atoms with E-state index in [2.05, 4.69) is 16.2 Å². The Kier molecular flexibility index (Phi) is 7.20. The lowest BCUT2D eigenvalue weighted by molar-refractivity contribution is -0.123. The Labute approximate surface area is 165 Å². The highest BCUT2D eigenvalue weighted by Gasteiger charge is 2.09. The molecular weight excluding hydrogens is 397 g/mol. The minimum absolute atomic E-state index is 0.0477. The number of thiocarbonyl (C=S) groups is 1. The molecular formula is C17H15Cl2N3O3S. The van der Waals surface area contributed by atoms with Gasteiger partial charge in [0.2, 0.25) is 0 Å². The summed E-state index contributed by atoms with van der Waals surface area (Å²) in [7, 11) is 0. The standard InChI is InChI=1S/C17H15Cl2N3O3S/c1-10-2-4-11(5-3-10)16(24)20-17(26)22-21-15(23)9-25-14-7-6-12(18)8-13(14)19/h2-8H,9H2,1H3,(H,21,23)(H2,20,22,24,26). The lowest BCUT2D eigenvalue weighted by Crippen LogP contribution is -2.49. The number of hydrogen-bond donors (Lipinski definition) is 3. The number of aryl methyl sites for hydroxylation is 1. The van der Waals surface area contributed by atoms with E-state index in [4.69, 9.17) is 40.2 Å². The van der Waals surface area contributed by atoms with Gasteiger partial charge in [0.15, 0.2) is 11.7 Å². The van der Waals surface area contributed by atoms with Crippen molar-refractivity contribution in [2.45, 2.75) is 6.92 Å². The van der Waals surface area contributed by atoms with Crippen molar-refractivity contribution in [2.75, 3.05) is 6.61 Å². The van der Waals surface area contributed by atoms with Gasteiger partial charge in [-0.3, -0.25) is 25.8 Å². The molecule has 0 radical (unpaired) electrons. The molecule has 0 fully saturated rings. The van der Waals surface area contributed by atoms with Gasteiger partial charge in [0.25, 0.3) is 11.8 Å². The van der Waals surface area contributed by atoms with E-state index in [-0.39, 0.29) is 17.6 Å². The van der Waals surface area contributed by atoms with Crippen LogP contribution in [0.15, 0.2) is 42.5 Å². The zero-order valence-electron chi connectivity index (χ0n) is 13.6. The Morgan fingerprint density at radius 2 is 1.77 bits per heavy atom. The van der Waals surface area contributed by atoms with Gasteiger partial charge >= 0.3 is 0 Å². The number of hydrogen-bond acceptors (Lipinski definition) is 4. The molecule has 2 aromatic rings. The second-order valence-electron chi connectivity index (χ2n) is 5.19. The molecule has 0 aliphatic rings. The predicted octanol–water partition coefficient (Wildman–Crippen LogP) is 3.02. The summed E-state index contributed by atoms with van der Waals surface area (Å²) in [5.41, 5.74) is 6.22. The largest absolute Gasteiger partial charge is 0.482 e. The molecule has 0 saturated heterocycles. The van der Waals surface area contributed by atoms with E-state index in [9.17, 15) is 9.59 Å². The van der Waals surface area contributed by atoms with E-state index in [1.165, 1.54) is 6.07 Å². The van der Waals surface area contributed by atoms with Crippen LogP contribution in [0.3, 0.4) is 0 Å². The highest BCUT2D eigenvalue weighted by atomic mass is 35.5. The lowest BCUT2D eigenvalue weighted by Gasteiger charge is -2.12. The summed E-state index contributed by atoms with van der Waals surface area (Å²) >= 11 is 16.7. The van der Waals surface area contributed by atoms with Crippen LogP contribution < -0.4 is 20.9 Å². The van der Waals surface area contributed by atoms with E-state index in [0.29, 0.717) is 21.4 Å². The van der Waals surface area contributed by atoms with E-state index < -0.39 is 5.91 Å². The van der Waals surface area contributed by atoms with Crippen molar-refractivity contribution in [1.29, 1.82) is 0 Å². The molecule has 3 N–H and O–H groups in total. The first-order valence-electron chi connectivity index (χ1n) is 7.40. The van der Waals surface area contributed by atoms with Crippen molar-refractivity contribution in [2.24, 2.45) is 0 Å². The molecule has 0 bridgehead atoms. The number of hydrazine groups is 1. The second kappa shape index (κ2) is 9.38. The first-order valence-corrected chi connectivity index (χ1v) is 8.56. The molecule has 6 nitrogen and oxygen atoms in total. The zero-order chi connectivity index (χ0) is 19.1. The molecule has 2 rings (SSSR count). The average molecular weight is 412 g/mol. The van der Waals surface area contributed by atoms with Crippen LogP contribution >= 0.6 is 35.4 Å². The van der Waals surface area contributed by atoms with Crippen LogP contribution in [-0.4, -0.2) is 23.5 Å². The Hall–Kier alpha value is -2.35. The maximum atomic E-state index is 12.0. The van der Waals surface area contributed by atoms with E-state index >= 15 is 0 Å². The second-order valence-corrected chi connectivity index (χ2v) is 6.44. The van der Waals surface area contributed by atoms with E-state index in [1.807, 2.05) is 19.1 Å². The highest BCUT2D eigenvalue weighted by Crippen LogP contribution is 2.27. The predicted molar refractivity (Wildman–Crippen MR) is 104 cm³/mol. The quantitative estimate of drug-likeness (QED) is 0.532. The molecule has 0 saturated carbocycles. The van der Waals surface area contributed by atoms with Gasteiger partial charge in [-0.1, -0.05) is 40.9 Å². The van der Waals surface area contributed by atoms with Gasteiger partial charge in [0.05, 0.1) is 5.02 Å². The van der Waals surface area contributed by atoms with Crippen molar-refractivity contribution in [3.05, 3.63) is 63.6 Å². The third-order valence-corrected chi connectivity index (χ3v) is 3.84. The van der Waals surface area contributed by atoms with Crippen LogP contribution in [-0.2, 0) is 4.79 Å². The number of nitrogens with one attached hydrogen (secondary N) is 3. The fourth-order valence-electron chi connectivity index (χ4n) is 1.81. The van der Waals surface area contributed by atoms with Gasteiger partial charge in [-0.05, 0) is 49.5 Å². The molecule has 0 unspecified atom stereocenters. The van der Waals surface area contributed by atoms with Crippen molar-refractivity contribution in [3.8, 4) is 5.75 Å². The van der Waals surface area contributed by atoms with Crippen LogP contribution in [0.2, 0.25) is 10.0 Å². The summed E-state index contributed by atoms with van der Waals surface area (Å²) < 4.78 is 5.27. The smallest absolute Gasteiger partial charge is 0.276 e. The number of amides is 2. The molecule has 0 aliphatic heterocycles. The minimum Gasteiger partial charge on any atom is -0.482 e. The molecule has 136 valence electrons. The Morgan fingerprint density at radius 1 is 1.08 bits per heavy atom. The van der Waals surface area contributed by atoms with Crippen molar-refractivity contribution >= 4 is 52.3 Å². The first-order chi connectivity index (χ1) is 12.3. The summed E-state index contributed by atoms with van der Waals surface area (Å²) in [6.45, 7) is 1.62. The summed E-state index contributed by atoms with van der Waals surface area (Å²) in [4.78, 5) is 23.7. The molecule has 2 amide bonds. The van der Waals surface area contributed by atoms with Gasteiger partial charge in [0, 0.05) is 10.6 Å². The minimum atomic E-state index is -0.511. The summed E-state index contributed by atoms with van der Waals surface area (Å²) in [6, 6.07) is 11.6. The first kappa shape index (κ1) is 20.0. The Morgan fingerprint density at radius 3 is 2.42 bits per heavy atom. The van der Waals surface area contributed by atoms with Crippen molar-refractivity contribution in [1.82, 2.24) is 16.2 Å². The van der Waals surface area contributed by atoms with E-state index in [1.54, 1.807) is 24.3 Å². The number of carbonyl (C=O) groups excluding carboxylic acids is 2. The topological polar surface area (TPSA) is 79.5 Å². The Balaban J connectivity index is 1.75. The van der Waals surface area contributed by atoms with Crippen LogP contribution in [0.1, 0.15) is 15.9 Å². The number of ether oxygens (including phenoxy) is 1. The maximum absolute atomic E-state index is 12.0. The molecule has 0 heterocycles. The summed E-state index contributed by atoms with van der Waals surface area (Å²) in [5, 5.41) is 3.15. The SMILES string of the molecule is Cc1ccc(C(=O)NC(=S)NNC(=O)COc2ccc(Cl)cc2Cl)cc1. The van der Waals surface area contributed by atoms with Crippen molar-refractivity contribution < 1.29 is 14.3 Å². The average Bonchev–Trinajstić information content (AvgIpc) is 2.59. The maximum Gasteiger partial charge on any atom is 0.276 e. The molecule has 26 heavy (non-hydrogen) atoms. The monoisotopic (exact) mass is 411 g/mol. The number of carbonyl (C=O) groups is 2.